The fourth-order valence-electron chi connectivity index (χ4n) is 4.43. The van der Waals surface area contributed by atoms with Crippen LogP contribution in [0, 0.1) is 0 Å². The number of carboxylic acids is 1. The molecule has 1 unspecified atom stereocenters. The highest BCUT2D eigenvalue weighted by molar-refractivity contribution is 6.30. The van der Waals surface area contributed by atoms with E-state index in [2.05, 4.69) is 4.90 Å². The maximum Gasteiger partial charge on any atom is 0.490 e. The first-order chi connectivity index (χ1) is 14.6. The predicted octanol–water partition coefficient (Wildman–Crippen LogP) is 3.83. The summed E-state index contributed by atoms with van der Waals surface area (Å²) in [5, 5.41) is 7.74. The molecule has 1 aromatic carbocycles. The number of hydrogen-bond acceptors (Lipinski definition) is 4. The Kier molecular flexibility index (Phi) is 7.49. The predicted molar refractivity (Wildman–Crippen MR) is 108 cm³/mol. The van der Waals surface area contributed by atoms with Crippen LogP contribution in [0.5, 0.6) is 0 Å². The monoisotopic (exact) mass is 462 g/mol. The van der Waals surface area contributed by atoms with Crippen LogP contribution in [-0.2, 0) is 9.53 Å². The average molecular weight is 463 g/mol. The molecular weight excluding hydrogens is 437 g/mol. The first-order valence-electron chi connectivity index (χ1n) is 10.3. The number of piperidine rings is 1. The molecule has 3 saturated heterocycles. The number of ether oxygens (including phenoxy) is 1. The number of hydrogen-bond donors (Lipinski definition) is 1. The minimum absolute atomic E-state index is 0.00162. The van der Waals surface area contributed by atoms with Crippen LogP contribution in [-0.4, -0.2) is 77.4 Å². The fourth-order valence-corrected chi connectivity index (χ4v) is 4.62. The summed E-state index contributed by atoms with van der Waals surface area (Å²) < 4.78 is 38.0. The van der Waals surface area contributed by atoms with E-state index in [1.54, 1.807) is 12.1 Å². The third-order valence-corrected chi connectivity index (χ3v) is 6.36. The maximum absolute atomic E-state index is 12.6. The minimum atomic E-state index is -5.08. The van der Waals surface area contributed by atoms with E-state index in [4.69, 9.17) is 26.2 Å². The number of amides is 1. The average Bonchev–Trinajstić information content (AvgIpc) is 3.38. The number of halogens is 4. The molecule has 3 aliphatic heterocycles. The Morgan fingerprint density at radius 2 is 1.74 bits per heavy atom. The Hall–Kier alpha value is -1.84. The number of benzene rings is 1. The number of carboxylic acid groups (broad SMARTS) is 1. The zero-order valence-electron chi connectivity index (χ0n) is 17.0. The molecule has 0 radical (unpaired) electrons. The lowest BCUT2D eigenvalue weighted by atomic mass is 9.87. The highest BCUT2D eigenvalue weighted by Crippen LogP contribution is 2.38. The summed E-state index contributed by atoms with van der Waals surface area (Å²) in [4.78, 5) is 26.1. The van der Waals surface area contributed by atoms with Gasteiger partial charge in [-0.15, -0.1) is 0 Å². The Bertz CT molecular complexity index is 791. The molecule has 1 amide bonds. The lowest BCUT2D eigenvalue weighted by molar-refractivity contribution is -0.192. The first-order valence-corrected chi connectivity index (χ1v) is 10.7. The quantitative estimate of drug-likeness (QED) is 0.723. The zero-order chi connectivity index (χ0) is 22.6. The summed E-state index contributed by atoms with van der Waals surface area (Å²) in [7, 11) is 0. The molecule has 0 saturated carbocycles. The van der Waals surface area contributed by atoms with Crippen molar-refractivity contribution in [2.45, 2.75) is 49.9 Å². The van der Waals surface area contributed by atoms with Crippen LogP contribution in [0.1, 0.15) is 42.5 Å². The molecule has 0 aliphatic carbocycles. The smallest absolute Gasteiger partial charge is 0.475 e. The van der Waals surface area contributed by atoms with E-state index in [1.807, 2.05) is 17.0 Å². The van der Waals surface area contributed by atoms with Gasteiger partial charge in [-0.25, -0.2) is 4.79 Å². The normalized spacial score (nSPS) is 23.5. The van der Waals surface area contributed by atoms with E-state index in [-0.39, 0.29) is 11.5 Å². The van der Waals surface area contributed by atoms with E-state index in [1.165, 1.54) is 25.9 Å². The molecule has 3 fully saturated rings. The van der Waals surface area contributed by atoms with Gasteiger partial charge in [0, 0.05) is 29.7 Å². The second kappa shape index (κ2) is 9.75. The molecule has 1 spiro atoms. The van der Waals surface area contributed by atoms with E-state index >= 15 is 0 Å². The second-order valence-electron chi connectivity index (χ2n) is 8.20. The number of likely N-dealkylation sites (tertiary alicyclic amines) is 2. The van der Waals surface area contributed by atoms with Crippen molar-refractivity contribution in [3.63, 3.8) is 0 Å². The number of carbonyl (C=O) groups excluding carboxylic acids is 1. The van der Waals surface area contributed by atoms with Gasteiger partial charge < -0.3 is 14.7 Å². The van der Waals surface area contributed by atoms with Crippen LogP contribution in [0.25, 0.3) is 0 Å². The molecule has 10 heteroatoms. The van der Waals surface area contributed by atoms with Crippen LogP contribution < -0.4 is 0 Å². The van der Waals surface area contributed by atoms with Gasteiger partial charge in [-0.3, -0.25) is 9.69 Å². The van der Waals surface area contributed by atoms with Crippen molar-refractivity contribution < 1.29 is 32.6 Å². The molecule has 6 nitrogen and oxygen atoms in total. The maximum atomic E-state index is 12.6. The molecule has 1 N–H and O–H groups in total. The Balaban J connectivity index is 0.000000339. The molecule has 4 rings (SSSR count). The van der Waals surface area contributed by atoms with Gasteiger partial charge in [0.25, 0.3) is 5.91 Å². The highest BCUT2D eigenvalue weighted by Gasteiger charge is 2.45. The number of aliphatic carboxylic acids is 1. The number of nitrogens with zero attached hydrogens (tertiary/aromatic N) is 2. The molecule has 3 aliphatic rings. The molecular formula is C21H26ClF3N2O4. The summed E-state index contributed by atoms with van der Waals surface area (Å²) in [5.74, 6) is -2.67. The second-order valence-corrected chi connectivity index (χ2v) is 8.64. The summed E-state index contributed by atoms with van der Waals surface area (Å²) in [6.45, 7) is 4.87. The van der Waals surface area contributed by atoms with Gasteiger partial charge in [0.05, 0.1) is 12.2 Å². The largest absolute Gasteiger partial charge is 0.490 e. The number of carbonyl (C=O) groups is 2. The van der Waals surface area contributed by atoms with E-state index < -0.39 is 12.1 Å². The van der Waals surface area contributed by atoms with Crippen molar-refractivity contribution in [1.82, 2.24) is 9.80 Å². The van der Waals surface area contributed by atoms with Crippen molar-refractivity contribution in [1.29, 1.82) is 0 Å². The third kappa shape index (κ3) is 6.11. The van der Waals surface area contributed by atoms with Crippen LogP contribution in [0.15, 0.2) is 24.3 Å². The number of alkyl halides is 3. The van der Waals surface area contributed by atoms with Gasteiger partial charge in [0.2, 0.25) is 0 Å². The fraction of sp³-hybridized carbons (Fsp3) is 0.619. The number of rotatable bonds is 2. The lowest BCUT2D eigenvalue weighted by Crippen LogP contribution is -2.47. The lowest BCUT2D eigenvalue weighted by Gasteiger charge is -2.39. The van der Waals surface area contributed by atoms with Crippen molar-refractivity contribution in [2.24, 2.45) is 0 Å². The zero-order valence-corrected chi connectivity index (χ0v) is 17.8. The van der Waals surface area contributed by atoms with Crippen LogP contribution in [0.3, 0.4) is 0 Å². The molecule has 1 atom stereocenters. The first kappa shape index (κ1) is 23.8. The Labute approximate surface area is 183 Å². The molecule has 0 aromatic heterocycles. The SMILES string of the molecule is O=C(O)C(F)(F)F.O=C(c1cccc(Cl)c1)N1CCC2(CC1)CC(N1CCCC1)CO2. The molecule has 1 aromatic rings. The van der Waals surface area contributed by atoms with Gasteiger partial charge in [0.15, 0.2) is 0 Å². The Morgan fingerprint density at radius 3 is 2.29 bits per heavy atom. The van der Waals surface area contributed by atoms with Crippen molar-refractivity contribution >= 4 is 23.5 Å². The summed E-state index contributed by atoms with van der Waals surface area (Å²) in [6, 6.07) is 7.82. The van der Waals surface area contributed by atoms with Gasteiger partial charge in [0.1, 0.15) is 0 Å². The van der Waals surface area contributed by atoms with Crippen molar-refractivity contribution in [2.75, 3.05) is 32.8 Å². The third-order valence-electron chi connectivity index (χ3n) is 6.12. The van der Waals surface area contributed by atoms with Crippen molar-refractivity contribution in [3.05, 3.63) is 34.9 Å². The summed E-state index contributed by atoms with van der Waals surface area (Å²) >= 11 is 6.01. The van der Waals surface area contributed by atoms with Crippen LogP contribution in [0.4, 0.5) is 13.2 Å². The van der Waals surface area contributed by atoms with Gasteiger partial charge in [-0.1, -0.05) is 17.7 Å². The minimum Gasteiger partial charge on any atom is -0.475 e. The van der Waals surface area contributed by atoms with Crippen LogP contribution in [0.2, 0.25) is 5.02 Å². The molecule has 172 valence electrons. The topological polar surface area (TPSA) is 70.1 Å². The van der Waals surface area contributed by atoms with Gasteiger partial charge in [-0.2, -0.15) is 13.2 Å². The highest BCUT2D eigenvalue weighted by atomic mass is 35.5. The summed E-state index contributed by atoms with van der Waals surface area (Å²) in [6.07, 6.45) is 0.594. The van der Waals surface area contributed by atoms with Crippen LogP contribution >= 0.6 is 11.6 Å². The van der Waals surface area contributed by atoms with Crippen molar-refractivity contribution in [3.8, 4) is 0 Å². The van der Waals surface area contributed by atoms with E-state index in [0.29, 0.717) is 16.6 Å². The molecule has 3 heterocycles. The van der Waals surface area contributed by atoms with Gasteiger partial charge >= 0.3 is 12.1 Å². The van der Waals surface area contributed by atoms with E-state index in [9.17, 15) is 18.0 Å². The molecule has 31 heavy (non-hydrogen) atoms. The molecule has 0 bridgehead atoms. The van der Waals surface area contributed by atoms with E-state index in [0.717, 1.165) is 39.0 Å². The Morgan fingerprint density at radius 1 is 1.13 bits per heavy atom. The standard InChI is InChI=1S/C19H25ClN2O2.C2HF3O2/c20-16-5-3-4-15(12-16)18(23)22-10-6-19(7-11-22)13-17(14-24-19)21-8-1-2-9-21;3-2(4,5)1(6)7/h3-5,12,17H,1-2,6-11,13-14H2;(H,6,7). The van der Waals surface area contributed by atoms with Gasteiger partial charge in [-0.05, 0) is 63.4 Å². The summed E-state index contributed by atoms with van der Waals surface area (Å²) in [5.41, 5.74) is 0.680.